The van der Waals surface area contributed by atoms with Crippen LogP contribution in [0.1, 0.15) is 18.4 Å². The Kier molecular flexibility index (Phi) is 5.04. The largest absolute Gasteiger partial charge is 0.356 e. The molecule has 2 rings (SSSR count). The van der Waals surface area contributed by atoms with Crippen molar-refractivity contribution in [2.75, 3.05) is 24.5 Å². The molecule has 1 N–H and O–H groups in total. The molecule has 1 aromatic heterocycles. The van der Waals surface area contributed by atoms with Crippen LogP contribution in [-0.2, 0) is 4.79 Å². The fraction of sp³-hybridized carbons (Fsp3) is 0.500. The van der Waals surface area contributed by atoms with Gasteiger partial charge in [-0.3, -0.25) is 4.79 Å². The minimum atomic E-state index is -2.53. The molecule has 1 fully saturated rings. The van der Waals surface area contributed by atoms with Gasteiger partial charge >= 0.3 is 0 Å². The number of alkyl halides is 2. The van der Waals surface area contributed by atoms with Gasteiger partial charge in [-0.15, -0.1) is 0 Å². The van der Waals surface area contributed by atoms with Crippen LogP contribution in [0.15, 0.2) is 18.3 Å². The summed E-state index contributed by atoms with van der Waals surface area (Å²) in [5.74, 6) is 0.0453. The van der Waals surface area contributed by atoms with E-state index in [2.05, 4.69) is 10.3 Å². The molecule has 1 aliphatic rings. The summed E-state index contributed by atoms with van der Waals surface area (Å²) in [6, 6.07) is 5.40. The van der Waals surface area contributed by atoms with Crippen LogP contribution in [0, 0.1) is 17.2 Å². The van der Waals surface area contributed by atoms with E-state index in [0.717, 1.165) is 13.0 Å². The van der Waals surface area contributed by atoms with Crippen LogP contribution in [0.2, 0.25) is 0 Å². The van der Waals surface area contributed by atoms with Crippen molar-refractivity contribution < 1.29 is 13.6 Å². The second kappa shape index (κ2) is 6.97. The van der Waals surface area contributed by atoms with E-state index < -0.39 is 13.0 Å². The molecule has 1 saturated heterocycles. The third-order valence-corrected chi connectivity index (χ3v) is 3.42. The fourth-order valence-corrected chi connectivity index (χ4v) is 2.36. The normalized spacial score (nSPS) is 18.4. The molecule has 0 saturated carbocycles. The topological polar surface area (TPSA) is 69.0 Å². The molecule has 21 heavy (non-hydrogen) atoms. The van der Waals surface area contributed by atoms with Gasteiger partial charge in [0.15, 0.2) is 0 Å². The zero-order chi connectivity index (χ0) is 15.2. The first-order valence-corrected chi connectivity index (χ1v) is 6.77. The monoisotopic (exact) mass is 294 g/mol. The molecule has 1 aliphatic heterocycles. The molecule has 0 radical (unpaired) electrons. The summed E-state index contributed by atoms with van der Waals surface area (Å²) in [4.78, 5) is 18.0. The van der Waals surface area contributed by atoms with E-state index in [1.165, 1.54) is 6.20 Å². The highest BCUT2D eigenvalue weighted by Gasteiger charge is 2.26. The Morgan fingerprint density at radius 3 is 3.00 bits per heavy atom. The Labute approximate surface area is 121 Å². The number of aromatic nitrogens is 1. The Balaban J connectivity index is 1.96. The van der Waals surface area contributed by atoms with Crippen molar-refractivity contribution in [1.29, 1.82) is 5.26 Å². The summed E-state index contributed by atoms with van der Waals surface area (Å²) in [5, 5.41) is 11.0. The minimum absolute atomic E-state index is 0.310. The molecule has 0 bridgehead atoms. The Hall–Kier alpha value is -2.23. The number of hydrogen-bond donors (Lipinski definition) is 1. The number of piperidine rings is 1. The summed E-state index contributed by atoms with van der Waals surface area (Å²) < 4.78 is 24.2. The van der Waals surface area contributed by atoms with Gasteiger partial charge in [0.05, 0.1) is 18.0 Å². The van der Waals surface area contributed by atoms with Crippen molar-refractivity contribution in [2.45, 2.75) is 19.3 Å². The van der Waals surface area contributed by atoms with Gasteiger partial charge in [-0.05, 0) is 25.0 Å². The number of anilines is 1. The smallest absolute Gasteiger partial charge is 0.255 e. The summed E-state index contributed by atoms with van der Waals surface area (Å²) >= 11 is 0. The van der Waals surface area contributed by atoms with Crippen LogP contribution in [0.5, 0.6) is 0 Å². The van der Waals surface area contributed by atoms with Crippen LogP contribution < -0.4 is 10.2 Å². The van der Waals surface area contributed by atoms with Gasteiger partial charge in [0.25, 0.3) is 6.43 Å². The standard InChI is InChI=1S/C14H16F2N4O/c15-12(16)8-19-14(21)11-2-1-5-20(9-11)13-4-3-10(6-17)7-18-13/h3-4,7,11-12H,1-2,5,8-9H2,(H,19,21). The third-order valence-electron chi connectivity index (χ3n) is 3.42. The summed E-state index contributed by atoms with van der Waals surface area (Å²) in [5.41, 5.74) is 0.474. The number of pyridine rings is 1. The third kappa shape index (κ3) is 4.12. The molecular formula is C14H16F2N4O. The van der Waals surface area contributed by atoms with E-state index in [4.69, 9.17) is 5.26 Å². The molecule has 2 heterocycles. The maximum absolute atomic E-state index is 12.1. The zero-order valence-corrected chi connectivity index (χ0v) is 11.4. The van der Waals surface area contributed by atoms with Crippen molar-refractivity contribution in [1.82, 2.24) is 10.3 Å². The van der Waals surface area contributed by atoms with Crippen molar-refractivity contribution in [3.05, 3.63) is 23.9 Å². The van der Waals surface area contributed by atoms with E-state index in [9.17, 15) is 13.6 Å². The molecule has 0 spiro atoms. The molecular weight excluding hydrogens is 278 g/mol. The maximum atomic E-state index is 12.1. The van der Waals surface area contributed by atoms with E-state index >= 15 is 0 Å². The van der Waals surface area contributed by atoms with Crippen LogP contribution >= 0.6 is 0 Å². The maximum Gasteiger partial charge on any atom is 0.255 e. The van der Waals surface area contributed by atoms with Gasteiger partial charge in [-0.25, -0.2) is 13.8 Å². The second-order valence-electron chi connectivity index (χ2n) is 4.94. The van der Waals surface area contributed by atoms with Gasteiger partial charge in [0, 0.05) is 19.3 Å². The Morgan fingerprint density at radius 1 is 1.57 bits per heavy atom. The number of halogens is 2. The quantitative estimate of drug-likeness (QED) is 0.915. The van der Waals surface area contributed by atoms with Crippen LogP contribution in [0.4, 0.5) is 14.6 Å². The number of hydrogen-bond acceptors (Lipinski definition) is 4. The van der Waals surface area contributed by atoms with Gasteiger partial charge in [0.1, 0.15) is 11.9 Å². The van der Waals surface area contributed by atoms with Crippen molar-refractivity contribution >= 4 is 11.7 Å². The van der Waals surface area contributed by atoms with Crippen molar-refractivity contribution in [3.8, 4) is 6.07 Å². The molecule has 0 aliphatic carbocycles. The average molecular weight is 294 g/mol. The zero-order valence-electron chi connectivity index (χ0n) is 11.4. The second-order valence-corrected chi connectivity index (χ2v) is 4.94. The fourth-order valence-electron chi connectivity index (χ4n) is 2.36. The van der Waals surface area contributed by atoms with E-state index in [-0.39, 0.29) is 11.8 Å². The first-order chi connectivity index (χ1) is 10.1. The molecule has 1 unspecified atom stereocenters. The summed E-state index contributed by atoms with van der Waals surface area (Å²) in [6.07, 6.45) is 0.431. The molecule has 7 heteroatoms. The number of carbonyl (C=O) groups excluding carboxylic acids is 1. The number of nitrogens with one attached hydrogen (secondary N) is 1. The predicted molar refractivity (Wildman–Crippen MR) is 72.9 cm³/mol. The average Bonchev–Trinajstić information content (AvgIpc) is 2.52. The highest BCUT2D eigenvalue weighted by atomic mass is 19.3. The molecule has 1 amide bonds. The molecule has 112 valence electrons. The Bertz CT molecular complexity index is 527. The predicted octanol–water partition coefficient (Wildman–Crippen LogP) is 1.55. The van der Waals surface area contributed by atoms with Crippen LogP contribution in [-0.4, -0.2) is 37.0 Å². The highest BCUT2D eigenvalue weighted by molar-refractivity contribution is 5.79. The number of carbonyl (C=O) groups is 1. The number of nitrogens with zero attached hydrogens (tertiary/aromatic N) is 3. The summed E-state index contributed by atoms with van der Waals surface area (Å²) in [6.45, 7) is 0.607. The van der Waals surface area contributed by atoms with Crippen LogP contribution in [0.3, 0.4) is 0 Å². The van der Waals surface area contributed by atoms with Gasteiger partial charge < -0.3 is 10.2 Å². The number of amides is 1. The lowest BCUT2D eigenvalue weighted by atomic mass is 9.97. The van der Waals surface area contributed by atoms with E-state index in [0.29, 0.717) is 24.3 Å². The SMILES string of the molecule is N#Cc1ccc(N2CCCC(C(=O)NCC(F)F)C2)nc1. The van der Waals surface area contributed by atoms with Gasteiger partial charge in [-0.2, -0.15) is 5.26 Å². The van der Waals surface area contributed by atoms with Gasteiger partial charge in [0.2, 0.25) is 5.91 Å². The Morgan fingerprint density at radius 2 is 2.38 bits per heavy atom. The molecule has 5 nitrogen and oxygen atoms in total. The lowest BCUT2D eigenvalue weighted by Gasteiger charge is -2.32. The summed E-state index contributed by atoms with van der Waals surface area (Å²) in [7, 11) is 0. The lowest BCUT2D eigenvalue weighted by Crippen LogP contribution is -2.44. The number of rotatable bonds is 4. The van der Waals surface area contributed by atoms with Crippen molar-refractivity contribution in [3.63, 3.8) is 0 Å². The first kappa shape index (κ1) is 15.2. The highest BCUT2D eigenvalue weighted by Crippen LogP contribution is 2.21. The first-order valence-electron chi connectivity index (χ1n) is 6.77. The molecule has 1 atom stereocenters. The molecule has 1 aromatic rings. The molecule has 0 aromatic carbocycles. The lowest BCUT2D eigenvalue weighted by molar-refractivity contribution is -0.125. The van der Waals surface area contributed by atoms with Gasteiger partial charge in [-0.1, -0.05) is 0 Å². The van der Waals surface area contributed by atoms with Crippen LogP contribution in [0.25, 0.3) is 0 Å². The number of nitriles is 1. The van der Waals surface area contributed by atoms with E-state index in [1.807, 2.05) is 11.0 Å². The van der Waals surface area contributed by atoms with E-state index in [1.54, 1.807) is 12.1 Å². The minimum Gasteiger partial charge on any atom is -0.356 e. The van der Waals surface area contributed by atoms with Crippen molar-refractivity contribution in [2.24, 2.45) is 5.92 Å².